The molecular weight excluding hydrogens is 492 g/mol. The fraction of sp³-hybridized carbons (Fsp3) is 0.500. The molecule has 2 aromatic carbocycles. The average Bonchev–Trinajstić information content (AvgIpc) is 2.77. The minimum absolute atomic E-state index is 0.0165. The monoisotopic (exact) mass is 528 g/mol. The Bertz CT molecular complexity index is 1320. The molecule has 2 aliphatic rings. The Balaban J connectivity index is 2.03. The quantitative estimate of drug-likeness (QED) is 0.289. The van der Waals surface area contributed by atoms with Crippen molar-refractivity contribution in [1.82, 2.24) is 0 Å². The number of phenolic OH excluding ortho intramolecular Hbond substituents is 2. The molecule has 8 nitrogen and oxygen atoms in total. The number of ketones is 2. The molecule has 0 amide bonds. The van der Waals surface area contributed by atoms with Gasteiger partial charge in [0.2, 0.25) is 5.78 Å². The van der Waals surface area contributed by atoms with Crippen molar-refractivity contribution in [3.8, 4) is 17.2 Å². The first kappa shape index (κ1) is 27.3. The number of fused-ring (bicyclic) bond motifs is 3. The minimum atomic E-state index is -2.52. The molecule has 0 aliphatic heterocycles. The van der Waals surface area contributed by atoms with E-state index in [9.17, 15) is 30.0 Å². The number of carbonyl (C=O) groups is 2. The molecule has 2 aromatic rings. The highest BCUT2D eigenvalue weighted by Gasteiger charge is 2.53. The number of aromatic hydroxyl groups is 2. The van der Waals surface area contributed by atoms with Crippen molar-refractivity contribution in [2.24, 2.45) is 0 Å². The first-order valence-corrected chi connectivity index (χ1v) is 15.3. The molecule has 200 valence electrons. The summed E-state index contributed by atoms with van der Waals surface area (Å²) >= 11 is 0. The Morgan fingerprint density at radius 2 is 1.57 bits per heavy atom. The van der Waals surface area contributed by atoms with Crippen molar-refractivity contribution in [2.45, 2.75) is 82.9 Å². The maximum absolute atomic E-state index is 13.7. The van der Waals surface area contributed by atoms with E-state index in [1.54, 1.807) is 12.1 Å². The predicted octanol–water partition coefficient (Wildman–Crippen LogP) is 4.39. The number of phenols is 2. The number of benzene rings is 2. The standard InChI is InChI=1S/C28H36O8Si/c1-26(2,3)37(7,8)36-17-13-28(34,27(4,5)33)12-15-19(17)25(32)21-20(23(15)30)22(29)14-10-9-11-16(35-6)18(14)24(21)31/h9-11,17,30,32-34H,12-13H2,1-8H3/t17-,28-/m0/s1. The van der Waals surface area contributed by atoms with Gasteiger partial charge in [-0.1, -0.05) is 32.9 Å². The van der Waals surface area contributed by atoms with Crippen molar-refractivity contribution in [3.63, 3.8) is 0 Å². The SMILES string of the molecule is COc1cccc2c1C(=O)c1c(O)c3c(c(O)c1C2=O)C[C@@](O)(C(C)(C)O)C[C@@H]3O[Si](C)(C)C(C)(C)C. The first-order valence-electron chi connectivity index (χ1n) is 12.4. The third-order valence-corrected chi connectivity index (χ3v) is 12.9. The van der Waals surface area contributed by atoms with E-state index in [2.05, 4.69) is 0 Å². The fourth-order valence-corrected chi connectivity index (χ4v) is 6.28. The van der Waals surface area contributed by atoms with Crippen LogP contribution in [0.25, 0.3) is 0 Å². The molecule has 4 rings (SSSR count). The normalized spacial score (nSPS) is 21.8. The molecule has 0 fully saturated rings. The van der Waals surface area contributed by atoms with Gasteiger partial charge in [-0.05, 0) is 38.0 Å². The van der Waals surface area contributed by atoms with Crippen molar-refractivity contribution >= 4 is 19.9 Å². The van der Waals surface area contributed by atoms with Crippen LogP contribution in [-0.4, -0.2) is 58.6 Å². The van der Waals surface area contributed by atoms with Crippen LogP contribution in [0.2, 0.25) is 18.1 Å². The zero-order valence-corrected chi connectivity index (χ0v) is 23.6. The molecular formula is C28H36O8Si. The number of hydrogen-bond acceptors (Lipinski definition) is 8. The molecule has 0 aromatic heterocycles. The Kier molecular flexibility index (Phi) is 6.19. The zero-order valence-electron chi connectivity index (χ0n) is 22.6. The summed E-state index contributed by atoms with van der Waals surface area (Å²) in [5.41, 5.74) is -3.66. The number of aliphatic hydroxyl groups is 2. The van der Waals surface area contributed by atoms with E-state index in [1.165, 1.54) is 27.0 Å². The Hall–Kier alpha value is -2.72. The molecule has 0 radical (unpaired) electrons. The predicted molar refractivity (Wildman–Crippen MR) is 140 cm³/mol. The average molecular weight is 529 g/mol. The molecule has 0 bridgehead atoms. The van der Waals surface area contributed by atoms with Crippen LogP contribution in [0, 0.1) is 0 Å². The summed E-state index contributed by atoms with van der Waals surface area (Å²) in [6, 6.07) is 4.59. The summed E-state index contributed by atoms with van der Waals surface area (Å²) in [5.74, 6) is -2.06. The highest BCUT2D eigenvalue weighted by Crippen LogP contribution is 2.55. The van der Waals surface area contributed by atoms with E-state index in [0.717, 1.165) is 0 Å². The van der Waals surface area contributed by atoms with Crippen LogP contribution in [-0.2, 0) is 10.8 Å². The summed E-state index contributed by atoms with van der Waals surface area (Å²) < 4.78 is 12.0. The fourth-order valence-electron chi connectivity index (χ4n) is 5.02. The van der Waals surface area contributed by atoms with Gasteiger partial charge in [0.25, 0.3) is 0 Å². The van der Waals surface area contributed by atoms with Crippen LogP contribution in [0.4, 0.5) is 0 Å². The number of ether oxygens (including phenoxy) is 1. The molecule has 2 aliphatic carbocycles. The summed E-state index contributed by atoms with van der Waals surface area (Å²) in [7, 11) is -1.14. The Morgan fingerprint density at radius 3 is 2.11 bits per heavy atom. The Labute approximate surface area is 218 Å². The maximum Gasteiger partial charge on any atom is 0.202 e. The van der Waals surface area contributed by atoms with Crippen LogP contribution in [0.15, 0.2) is 18.2 Å². The van der Waals surface area contributed by atoms with E-state index in [0.29, 0.717) is 0 Å². The van der Waals surface area contributed by atoms with Crippen molar-refractivity contribution in [2.75, 3.05) is 7.11 Å². The van der Waals surface area contributed by atoms with Crippen molar-refractivity contribution < 1.29 is 39.2 Å². The lowest BCUT2D eigenvalue weighted by atomic mass is 9.68. The van der Waals surface area contributed by atoms with Gasteiger partial charge < -0.3 is 29.6 Å². The maximum atomic E-state index is 13.7. The summed E-state index contributed by atoms with van der Waals surface area (Å²) in [5, 5.41) is 45.3. The second-order valence-electron chi connectivity index (χ2n) is 12.2. The number of hydrogen-bond donors (Lipinski definition) is 4. The van der Waals surface area contributed by atoms with Gasteiger partial charge >= 0.3 is 0 Å². The van der Waals surface area contributed by atoms with Gasteiger partial charge in [-0.2, -0.15) is 0 Å². The van der Waals surface area contributed by atoms with E-state index in [1.807, 2.05) is 33.9 Å². The molecule has 0 saturated carbocycles. The lowest BCUT2D eigenvalue weighted by molar-refractivity contribution is -0.153. The van der Waals surface area contributed by atoms with Gasteiger partial charge in [0.05, 0.1) is 41.1 Å². The van der Waals surface area contributed by atoms with Crippen LogP contribution in [0.5, 0.6) is 17.2 Å². The number of methoxy groups -OCH3 is 1. The van der Waals surface area contributed by atoms with Gasteiger partial charge in [0, 0.05) is 29.5 Å². The lowest BCUT2D eigenvalue weighted by Crippen LogP contribution is -2.56. The second kappa shape index (κ2) is 8.39. The first-order chi connectivity index (χ1) is 16.9. The van der Waals surface area contributed by atoms with Crippen molar-refractivity contribution in [1.29, 1.82) is 0 Å². The molecule has 0 spiro atoms. The molecule has 4 N–H and O–H groups in total. The number of rotatable bonds is 4. The summed E-state index contributed by atoms with van der Waals surface area (Å²) in [4.78, 5) is 27.3. The van der Waals surface area contributed by atoms with Crippen LogP contribution < -0.4 is 4.74 Å². The van der Waals surface area contributed by atoms with Gasteiger partial charge in [-0.3, -0.25) is 9.59 Å². The molecule has 0 saturated heterocycles. The highest BCUT2D eigenvalue weighted by atomic mass is 28.4. The third-order valence-electron chi connectivity index (χ3n) is 8.46. The Morgan fingerprint density at radius 1 is 0.973 bits per heavy atom. The van der Waals surface area contributed by atoms with E-state index in [4.69, 9.17) is 9.16 Å². The summed E-state index contributed by atoms with van der Waals surface area (Å²) in [6.45, 7) is 13.1. The molecule has 0 unspecified atom stereocenters. The van der Waals surface area contributed by atoms with Crippen LogP contribution >= 0.6 is 0 Å². The van der Waals surface area contributed by atoms with Gasteiger partial charge in [0.15, 0.2) is 14.1 Å². The van der Waals surface area contributed by atoms with E-state index in [-0.39, 0.29) is 57.0 Å². The largest absolute Gasteiger partial charge is 0.507 e. The van der Waals surface area contributed by atoms with Crippen LogP contribution in [0.1, 0.15) is 90.1 Å². The molecule has 37 heavy (non-hydrogen) atoms. The molecule has 0 heterocycles. The highest BCUT2D eigenvalue weighted by molar-refractivity contribution is 6.74. The van der Waals surface area contributed by atoms with Crippen molar-refractivity contribution in [3.05, 3.63) is 51.6 Å². The second-order valence-corrected chi connectivity index (χ2v) is 17.0. The van der Waals surface area contributed by atoms with Crippen LogP contribution in [0.3, 0.4) is 0 Å². The lowest BCUT2D eigenvalue weighted by Gasteiger charge is -2.48. The molecule has 9 heteroatoms. The van der Waals surface area contributed by atoms with E-state index < -0.39 is 48.7 Å². The minimum Gasteiger partial charge on any atom is -0.507 e. The third kappa shape index (κ3) is 3.99. The topological polar surface area (TPSA) is 134 Å². The van der Waals surface area contributed by atoms with E-state index >= 15 is 0 Å². The van der Waals surface area contributed by atoms with Gasteiger partial charge in [-0.25, -0.2) is 0 Å². The zero-order chi connectivity index (χ0) is 27.9. The smallest absolute Gasteiger partial charge is 0.202 e. The summed E-state index contributed by atoms with van der Waals surface area (Å²) in [6.07, 6.45) is -1.27. The number of carbonyl (C=O) groups excluding carboxylic acids is 2. The molecule has 2 atom stereocenters. The van der Waals surface area contributed by atoms with Gasteiger partial charge in [0.1, 0.15) is 17.2 Å². The van der Waals surface area contributed by atoms with Gasteiger partial charge in [-0.15, -0.1) is 0 Å².